The van der Waals surface area contributed by atoms with Gasteiger partial charge >= 0.3 is 0 Å². The molecule has 0 aliphatic carbocycles. The molecule has 0 radical (unpaired) electrons. The van der Waals surface area contributed by atoms with Gasteiger partial charge in [0.25, 0.3) is 0 Å². The van der Waals surface area contributed by atoms with Crippen LogP contribution in [0.4, 0.5) is 5.82 Å². The van der Waals surface area contributed by atoms with Crippen LogP contribution in [0, 0.1) is 6.92 Å². The number of anilines is 1. The van der Waals surface area contributed by atoms with E-state index < -0.39 is 0 Å². The molecule has 0 fully saturated rings. The summed E-state index contributed by atoms with van der Waals surface area (Å²) < 4.78 is 1.95. The first-order valence-electron chi connectivity index (χ1n) is 8.46. The highest BCUT2D eigenvalue weighted by Crippen LogP contribution is 2.14. The molecule has 0 aliphatic heterocycles. The van der Waals surface area contributed by atoms with E-state index in [1.165, 1.54) is 11.1 Å². The smallest absolute Gasteiger partial charge is 0.132 e. The van der Waals surface area contributed by atoms with Crippen molar-refractivity contribution in [2.75, 3.05) is 11.9 Å². The standard InChI is InChI=1S/C19H22ClN5/c1-3-18-14(2)19(23-13-22-18)21-9-8-16-10-24-25(12-16)11-15-4-6-17(20)7-5-15/h4-7,10,12-13H,3,8-9,11H2,1-2H3,(H,21,22,23). The summed E-state index contributed by atoms with van der Waals surface area (Å²) in [5, 5.41) is 8.59. The normalized spacial score (nSPS) is 10.8. The van der Waals surface area contributed by atoms with Crippen LogP contribution in [0.5, 0.6) is 0 Å². The van der Waals surface area contributed by atoms with E-state index in [1.807, 2.05) is 35.1 Å². The van der Waals surface area contributed by atoms with Gasteiger partial charge in [-0.1, -0.05) is 30.7 Å². The van der Waals surface area contributed by atoms with Crippen LogP contribution in [0.15, 0.2) is 43.0 Å². The summed E-state index contributed by atoms with van der Waals surface area (Å²) >= 11 is 5.92. The van der Waals surface area contributed by atoms with E-state index in [0.29, 0.717) is 0 Å². The number of aryl methyl sites for hydroxylation is 1. The maximum Gasteiger partial charge on any atom is 0.132 e. The van der Waals surface area contributed by atoms with Gasteiger partial charge in [0.15, 0.2) is 0 Å². The van der Waals surface area contributed by atoms with Crippen molar-refractivity contribution in [2.45, 2.75) is 33.2 Å². The number of rotatable bonds is 7. The Morgan fingerprint density at radius 2 is 1.92 bits per heavy atom. The minimum atomic E-state index is 0.746. The van der Waals surface area contributed by atoms with Crippen LogP contribution in [-0.4, -0.2) is 26.3 Å². The highest BCUT2D eigenvalue weighted by atomic mass is 35.5. The van der Waals surface area contributed by atoms with Gasteiger partial charge in [-0.15, -0.1) is 0 Å². The van der Waals surface area contributed by atoms with Crippen molar-refractivity contribution >= 4 is 17.4 Å². The van der Waals surface area contributed by atoms with Gasteiger partial charge in [-0.25, -0.2) is 9.97 Å². The van der Waals surface area contributed by atoms with Crippen LogP contribution >= 0.6 is 11.6 Å². The van der Waals surface area contributed by atoms with Crippen LogP contribution < -0.4 is 5.32 Å². The first-order valence-corrected chi connectivity index (χ1v) is 8.83. The van der Waals surface area contributed by atoms with E-state index in [2.05, 4.69) is 40.4 Å². The Hall–Kier alpha value is -2.40. The molecule has 3 aromatic rings. The number of hydrogen-bond acceptors (Lipinski definition) is 4. The fourth-order valence-electron chi connectivity index (χ4n) is 2.75. The van der Waals surface area contributed by atoms with Crippen molar-refractivity contribution < 1.29 is 0 Å². The van der Waals surface area contributed by atoms with Crippen LogP contribution in [0.1, 0.15) is 29.3 Å². The summed E-state index contributed by atoms with van der Waals surface area (Å²) in [5.74, 6) is 0.917. The van der Waals surface area contributed by atoms with Crippen LogP contribution in [-0.2, 0) is 19.4 Å². The summed E-state index contributed by atoms with van der Waals surface area (Å²) in [7, 11) is 0. The summed E-state index contributed by atoms with van der Waals surface area (Å²) in [6.07, 6.45) is 7.44. The zero-order valence-corrected chi connectivity index (χ0v) is 15.3. The molecule has 5 nitrogen and oxygen atoms in total. The SMILES string of the molecule is CCc1ncnc(NCCc2cnn(Cc3ccc(Cl)cc3)c2)c1C. The quantitative estimate of drug-likeness (QED) is 0.698. The summed E-state index contributed by atoms with van der Waals surface area (Å²) in [5.41, 5.74) is 4.60. The van der Waals surface area contributed by atoms with E-state index in [4.69, 9.17) is 11.6 Å². The molecule has 0 spiro atoms. The molecule has 2 aromatic heterocycles. The van der Waals surface area contributed by atoms with E-state index in [-0.39, 0.29) is 0 Å². The largest absolute Gasteiger partial charge is 0.369 e. The lowest BCUT2D eigenvalue weighted by molar-refractivity contribution is 0.686. The molecule has 3 rings (SSSR count). The van der Waals surface area contributed by atoms with Crippen LogP contribution in [0.3, 0.4) is 0 Å². The number of nitrogens with one attached hydrogen (secondary N) is 1. The summed E-state index contributed by atoms with van der Waals surface area (Å²) in [6, 6.07) is 7.85. The molecule has 2 heterocycles. The lowest BCUT2D eigenvalue weighted by atomic mass is 10.2. The molecular weight excluding hydrogens is 334 g/mol. The Labute approximate surface area is 153 Å². The lowest BCUT2D eigenvalue weighted by Crippen LogP contribution is -2.09. The van der Waals surface area contributed by atoms with Gasteiger partial charge in [0.1, 0.15) is 12.1 Å². The molecule has 0 unspecified atom stereocenters. The Bertz CT molecular complexity index is 826. The number of benzene rings is 1. The molecule has 0 aliphatic rings. The van der Waals surface area contributed by atoms with Gasteiger partial charge in [-0.05, 0) is 43.0 Å². The average Bonchev–Trinajstić information content (AvgIpc) is 3.06. The highest BCUT2D eigenvalue weighted by molar-refractivity contribution is 6.30. The fourth-order valence-corrected chi connectivity index (χ4v) is 2.87. The number of hydrogen-bond donors (Lipinski definition) is 1. The predicted octanol–water partition coefficient (Wildman–Crippen LogP) is 3.90. The van der Waals surface area contributed by atoms with E-state index in [9.17, 15) is 0 Å². The third-order valence-electron chi connectivity index (χ3n) is 4.17. The molecule has 0 saturated carbocycles. The Kier molecular flexibility index (Phi) is 5.66. The number of aromatic nitrogens is 4. The third-order valence-corrected chi connectivity index (χ3v) is 4.43. The van der Waals surface area contributed by atoms with Crippen molar-refractivity contribution in [3.05, 3.63) is 70.4 Å². The van der Waals surface area contributed by atoms with Crippen molar-refractivity contribution in [3.8, 4) is 0 Å². The van der Waals surface area contributed by atoms with Gasteiger partial charge in [0.05, 0.1) is 12.7 Å². The molecule has 0 saturated heterocycles. The van der Waals surface area contributed by atoms with E-state index in [0.717, 1.165) is 48.0 Å². The number of nitrogens with zero attached hydrogens (tertiary/aromatic N) is 4. The Balaban J connectivity index is 1.54. The molecule has 0 atom stereocenters. The second-order valence-corrected chi connectivity index (χ2v) is 6.43. The fraction of sp³-hybridized carbons (Fsp3) is 0.316. The van der Waals surface area contributed by atoms with Crippen molar-refractivity contribution in [3.63, 3.8) is 0 Å². The molecule has 1 aromatic carbocycles. The van der Waals surface area contributed by atoms with Crippen molar-refractivity contribution in [1.82, 2.24) is 19.7 Å². The molecule has 0 amide bonds. The van der Waals surface area contributed by atoms with Gasteiger partial charge < -0.3 is 5.32 Å². The molecular formula is C19H22ClN5. The predicted molar refractivity (Wildman–Crippen MR) is 101 cm³/mol. The van der Waals surface area contributed by atoms with Gasteiger partial charge in [0, 0.05) is 29.0 Å². The Morgan fingerprint density at radius 3 is 2.68 bits per heavy atom. The zero-order chi connectivity index (χ0) is 17.6. The minimum Gasteiger partial charge on any atom is -0.369 e. The lowest BCUT2D eigenvalue weighted by Gasteiger charge is -2.09. The molecule has 25 heavy (non-hydrogen) atoms. The number of halogens is 1. The first-order chi connectivity index (χ1) is 12.2. The van der Waals surface area contributed by atoms with E-state index in [1.54, 1.807) is 6.33 Å². The Morgan fingerprint density at radius 1 is 1.12 bits per heavy atom. The van der Waals surface area contributed by atoms with Crippen LogP contribution in [0.25, 0.3) is 0 Å². The monoisotopic (exact) mass is 355 g/mol. The second-order valence-electron chi connectivity index (χ2n) is 6.00. The molecule has 130 valence electrons. The summed E-state index contributed by atoms with van der Waals surface area (Å²) in [4.78, 5) is 8.63. The maximum absolute atomic E-state index is 5.92. The zero-order valence-electron chi connectivity index (χ0n) is 14.5. The van der Waals surface area contributed by atoms with Crippen molar-refractivity contribution in [2.24, 2.45) is 0 Å². The molecule has 0 bridgehead atoms. The van der Waals surface area contributed by atoms with E-state index >= 15 is 0 Å². The maximum atomic E-state index is 5.92. The first kappa shape index (κ1) is 17.4. The second kappa shape index (κ2) is 8.12. The van der Waals surface area contributed by atoms with Gasteiger partial charge in [-0.2, -0.15) is 5.10 Å². The topological polar surface area (TPSA) is 55.6 Å². The van der Waals surface area contributed by atoms with Gasteiger partial charge in [-0.3, -0.25) is 4.68 Å². The van der Waals surface area contributed by atoms with Crippen LogP contribution in [0.2, 0.25) is 5.02 Å². The van der Waals surface area contributed by atoms with Gasteiger partial charge in [0.2, 0.25) is 0 Å². The minimum absolute atomic E-state index is 0.746. The summed E-state index contributed by atoms with van der Waals surface area (Å²) in [6.45, 7) is 5.72. The third kappa shape index (κ3) is 4.57. The highest BCUT2D eigenvalue weighted by Gasteiger charge is 2.05. The van der Waals surface area contributed by atoms with Crippen molar-refractivity contribution in [1.29, 1.82) is 0 Å². The average molecular weight is 356 g/mol. The molecule has 6 heteroatoms. The molecule has 1 N–H and O–H groups in total.